The number of carbonyl (C=O) groups is 5. The van der Waals surface area contributed by atoms with Crippen molar-refractivity contribution >= 4 is 30.0 Å². The zero-order chi connectivity index (χ0) is 42.2. The molecule has 0 radical (unpaired) electrons. The van der Waals surface area contributed by atoms with Crippen LogP contribution in [0.2, 0.25) is 0 Å². The van der Waals surface area contributed by atoms with Crippen molar-refractivity contribution in [2.75, 3.05) is 52.5 Å². The van der Waals surface area contributed by atoms with E-state index >= 15 is 0 Å². The van der Waals surface area contributed by atoms with E-state index < -0.39 is 29.6 Å². The number of pyridine rings is 1. The minimum atomic E-state index is -1.07. The van der Waals surface area contributed by atoms with Crippen LogP contribution in [0.1, 0.15) is 88.7 Å². The number of aromatic nitrogens is 1. The number of unbranched alkanes of at least 4 members (excludes halogenated alkanes) is 2. The second-order valence-corrected chi connectivity index (χ2v) is 16.0. The average Bonchev–Trinajstić information content (AvgIpc) is 3.24. The highest BCUT2D eigenvalue weighted by atomic mass is 16.6. The molecule has 3 aromatic rings. The number of hydrogen-bond acceptors (Lipinski definition) is 10. The zero-order valence-corrected chi connectivity index (χ0v) is 34.9. The summed E-state index contributed by atoms with van der Waals surface area (Å²) in [4.78, 5) is 75.8. The summed E-state index contributed by atoms with van der Waals surface area (Å²) in [6, 6.07) is 21.2. The smallest absolute Gasteiger partial charge is 0.410 e. The number of ether oxygens (including phenoxy) is 4. The molecule has 14 heteroatoms. The zero-order valence-electron chi connectivity index (χ0n) is 34.9. The monoisotopic (exact) mass is 813 g/mol. The lowest BCUT2D eigenvalue weighted by molar-refractivity contribution is -0.155. The minimum absolute atomic E-state index is 0.000595. The summed E-state index contributed by atoms with van der Waals surface area (Å²) >= 11 is 0. The van der Waals surface area contributed by atoms with Crippen LogP contribution in [0.25, 0.3) is 11.3 Å². The molecule has 2 aromatic carbocycles. The maximum atomic E-state index is 14.1. The van der Waals surface area contributed by atoms with E-state index in [1.807, 2.05) is 60.7 Å². The first-order chi connectivity index (χ1) is 28.4. The molecule has 1 atom stereocenters. The Morgan fingerprint density at radius 3 is 2.08 bits per heavy atom. The summed E-state index contributed by atoms with van der Waals surface area (Å²) in [5, 5.41) is 2.86. The van der Waals surface area contributed by atoms with E-state index in [-0.39, 0.29) is 69.2 Å². The van der Waals surface area contributed by atoms with Gasteiger partial charge in [0, 0.05) is 63.4 Å². The van der Waals surface area contributed by atoms with Gasteiger partial charge in [-0.3, -0.25) is 14.4 Å². The van der Waals surface area contributed by atoms with Gasteiger partial charge in [-0.15, -0.1) is 0 Å². The maximum absolute atomic E-state index is 14.1. The Hall–Kier alpha value is -5.66. The number of piperidine rings is 1. The number of nitrogens with one attached hydrogen (secondary N) is 1. The summed E-state index contributed by atoms with van der Waals surface area (Å²) in [5.41, 5.74) is 1.54. The molecule has 0 unspecified atom stereocenters. The fraction of sp³-hybridized carbons (Fsp3) is 0.511. The van der Waals surface area contributed by atoms with Crippen molar-refractivity contribution in [1.29, 1.82) is 0 Å². The highest BCUT2D eigenvalue weighted by Crippen LogP contribution is 2.26. The van der Waals surface area contributed by atoms with Gasteiger partial charge in [0.15, 0.2) is 0 Å². The van der Waals surface area contributed by atoms with Gasteiger partial charge in [0.05, 0.1) is 18.9 Å². The Morgan fingerprint density at radius 1 is 0.797 bits per heavy atom. The fourth-order valence-corrected chi connectivity index (χ4v) is 6.85. The lowest BCUT2D eigenvalue weighted by Gasteiger charge is -2.36. The summed E-state index contributed by atoms with van der Waals surface area (Å²) in [7, 11) is 0. The molecule has 14 nitrogen and oxygen atoms in total. The molecule has 3 heterocycles. The predicted molar refractivity (Wildman–Crippen MR) is 221 cm³/mol. The molecule has 2 aliphatic heterocycles. The molecule has 59 heavy (non-hydrogen) atoms. The number of rotatable bonds is 16. The van der Waals surface area contributed by atoms with E-state index in [0.29, 0.717) is 37.7 Å². The van der Waals surface area contributed by atoms with Gasteiger partial charge in [0.25, 0.3) is 5.91 Å². The number of benzene rings is 2. The minimum Gasteiger partial charge on any atom is -0.493 e. The van der Waals surface area contributed by atoms with E-state index in [9.17, 15) is 24.0 Å². The molecule has 5 rings (SSSR count). The molecule has 1 N–H and O–H groups in total. The molecule has 2 fully saturated rings. The van der Waals surface area contributed by atoms with Crippen molar-refractivity contribution in [2.45, 2.75) is 90.9 Å². The first kappa shape index (κ1) is 44.4. The first-order valence-corrected chi connectivity index (χ1v) is 20.8. The number of esters is 1. The number of nitrogens with zero attached hydrogens (tertiary/aromatic N) is 4. The Bertz CT molecular complexity index is 1840. The third-order valence-electron chi connectivity index (χ3n) is 10.1. The molecule has 4 amide bonds. The number of piperazine rings is 1. The summed E-state index contributed by atoms with van der Waals surface area (Å²) in [6.45, 7) is 10.4. The molecule has 0 saturated carbocycles. The van der Waals surface area contributed by atoms with Gasteiger partial charge in [-0.2, -0.15) is 0 Å². The van der Waals surface area contributed by atoms with E-state index in [1.165, 1.54) is 0 Å². The molecule has 318 valence electrons. The molecule has 0 spiro atoms. The van der Waals surface area contributed by atoms with Crippen molar-refractivity contribution in [2.24, 2.45) is 5.92 Å². The van der Waals surface area contributed by atoms with Crippen LogP contribution in [0, 0.1) is 5.92 Å². The van der Waals surface area contributed by atoms with Crippen LogP contribution in [0.15, 0.2) is 72.8 Å². The third-order valence-corrected chi connectivity index (χ3v) is 10.1. The van der Waals surface area contributed by atoms with Crippen LogP contribution in [0.4, 0.5) is 9.59 Å². The number of hydrogen-bond donors (Lipinski definition) is 1. The predicted octanol–water partition coefficient (Wildman–Crippen LogP) is 6.87. The number of carbonyl (C=O) groups excluding carboxylic acids is 5. The van der Waals surface area contributed by atoms with Crippen LogP contribution in [0.3, 0.4) is 0 Å². The van der Waals surface area contributed by atoms with E-state index in [4.69, 9.17) is 18.9 Å². The topological polar surface area (TPSA) is 157 Å². The third kappa shape index (κ3) is 14.3. The number of amides is 4. The fourth-order valence-electron chi connectivity index (χ4n) is 6.85. The summed E-state index contributed by atoms with van der Waals surface area (Å²) in [5.74, 6) is -0.870. The Balaban J connectivity index is 1.24. The Labute approximate surface area is 347 Å². The second kappa shape index (κ2) is 21.9. The second-order valence-electron chi connectivity index (χ2n) is 16.0. The van der Waals surface area contributed by atoms with Gasteiger partial charge in [-0.25, -0.2) is 14.6 Å². The van der Waals surface area contributed by atoms with Crippen molar-refractivity contribution in [1.82, 2.24) is 25.0 Å². The van der Waals surface area contributed by atoms with Crippen LogP contribution in [-0.4, -0.2) is 114 Å². The van der Waals surface area contributed by atoms with Gasteiger partial charge in [-0.05, 0) is 57.9 Å². The highest BCUT2D eigenvalue weighted by molar-refractivity contribution is 5.97. The van der Waals surface area contributed by atoms with Crippen LogP contribution in [0.5, 0.6) is 5.75 Å². The van der Waals surface area contributed by atoms with E-state index in [0.717, 1.165) is 43.2 Å². The summed E-state index contributed by atoms with van der Waals surface area (Å²) < 4.78 is 22.7. The van der Waals surface area contributed by atoms with Gasteiger partial charge < -0.3 is 39.0 Å². The van der Waals surface area contributed by atoms with Gasteiger partial charge in [-0.1, -0.05) is 80.4 Å². The van der Waals surface area contributed by atoms with Gasteiger partial charge in [0.1, 0.15) is 29.7 Å². The first-order valence-electron chi connectivity index (χ1n) is 20.8. The lowest BCUT2D eigenvalue weighted by Crippen LogP contribution is -2.56. The van der Waals surface area contributed by atoms with Crippen LogP contribution in [-0.2, 0) is 30.4 Å². The average molecular weight is 814 g/mol. The van der Waals surface area contributed by atoms with Gasteiger partial charge in [0.2, 0.25) is 5.91 Å². The number of likely N-dealkylation sites (tertiary alicyclic amines) is 1. The van der Waals surface area contributed by atoms with Crippen LogP contribution >= 0.6 is 0 Å². The van der Waals surface area contributed by atoms with Crippen molar-refractivity contribution in [3.63, 3.8) is 0 Å². The molecule has 1 aromatic heterocycles. The highest BCUT2D eigenvalue weighted by Gasteiger charge is 2.32. The maximum Gasteiger partial charge on any atom is 0.410 e. The Kier molecular flexibility index (Phi) is 16.5. The van der Waals surface area contributed by atoms with Crippen molar-refractivity contribution < 1.29 is 42.9 Å². The molecular formula is C45H59N5O9. The summed E-state index contributed by atoms with van der Waals surface area (Å²) in [6.07, 6.45) is 3.39. The SMILES string of the molecule is CCCCCOC(=O)N1CCN(C(=O)[C@H](CCC(=O)OC(C)(C)C)NC(=O)c2cc(OCC3CCN(C(=O)OCc4ccccc4)CC3)cc(-c3ccccc3)n2)CC1. The Morgan fingerprint density at radius 2 is 1.42 bits per heavy atom. The van der Waals surface area contributed by atoms with Gasteiger partial charge >= 0.3 is 18.2 Å². The van der Waals surface area contributed by atoms with E-state index in [1.54, 1.807) is 47.6 Å². The van der Waals surface area contributed by atoms with Crippen molar-refractivity contribution in [3.05, 3.63) is 84.1 Å². The standard InChI is InChI=1S/C45H59N5O9/c1-5-6-13-28-56-43(54)50-26-24-48(25-27-50)42(53)37(18-19-40(51)59-45(2,3)4)47-41(52)39-30-36(29-38(46-39)35-16-11-8-12-17-35)57-31-34-20-22-49(23-21-34)44(55)58-32-33-14-9-7-10-15-33/h7-12,14-17,29-30,34,37H,5-6,13,18-28,31-32H2,1-4H3,(H,47,52)/t37-/m0/s1. The molecule has 0 aliphatic carbocycles. The van der Waals surface area contributed by atoms with Crippen LogP contribution < -0.4 is 10.1 Å². The molecule has 2 saturated heterocycles. The molecule has 2 aliphatic rings. The molecular weight excluding hydrogens is 755 g/mol. The largest absolute Gasteiger partial charge is 0.493 e. The normalized spacial score (nSPS) is 15.2. The molecule has 0 bridgehead atoms. The lowest BCUT2D eigenvalue weighted by atomic mass is 9.98. The quantitative estimate of drug-likeness (QED) is 0.0920. The van der Waals surface area contributed by atoms with Crippen molar-refractivity contribution in [3.8, 4) is 17.0 Å². The van der Waals surface area contributed by atoms with E-state index in [2.05, 4.69) is 17.2 Å².